The highest BCUT2D eigenvalue weighted by Gasteiger charge is 2.18. The minimum Gasteiger partial charge on any atom is -0.398 e. The first kappa shape index (κ1) is 13.8. The predicted octanol–water partition coefficient (Wildman–Crippen LogP) is 2.54. The van der Waals surface area contributed by atoms with Crippen LogP contribution in [0.25, 0.3) is 0 Å². The Morgan fingerprint density at radius 3 is 2.68 bits per heavy atom. The van der Waals surface area contributed by atoms with Gasteiger partial charge in [0.1, 0.15) is 4.90 Å². The lowest BCUT2D eigenvalue weighted by molar-refractivity contribution is 0.601. The lowest BCUT2D eigenvalue weighted by atomic mass is 10.3. The van der Waals surface area contributed by atoms with E-state index in [0.29, 0.717) is 5.69 Å². The molecule has 7 heteroatoms. The number of hydrogen-bond acceptors (Lipinski definition) is 4. The Kier molecular flexibility index (Phi) is 3.77. The van der Waals surface area contributed by atoms with Crippen LogP contribution in [-0.4, -0.2) is 13.4 Å². The van der Waals surface area contributed by atoms with Crippen molar-refractivity contribution in [2.75, 3.05) is 10.5 Å². The lowest BCUT2D eigenvalue weighted by Gasteiger charge is -2.11. The second-order valence-corrected chi connectivity index (χ2v) is 6.54. The second-order valence-electron chi connectivity index (χ2n) is 3.98. The van der Waals surface area contributed by atoms with Gasteiger partial charge in [0.2, 0.25) is 0 Å². The Labute approximate surface area is 120 Å². The quantitative estimate of drug-likeness (QED) is 0.840. The number of rotatable bonds is 3. The Balaban J connectivity index is 2.41. The number of nitrogens with zero attached hydrogens (tertiary/aromatic N) is 1. The molecule has 0 aliphatic rings. The number of aromatic nitrogens is 1. The first-order valence-corrected chi connectivity index (χ1v) is 7.66. The molecule has 0 bridgehead atoms. The maximum atomic E-state index is 12.3. The number of pyridine rings is 1. The Morgan fingerprint density at radius 1 is 1.32 bits per heavy atom. The molecule has 0 aliphatic carbocycles. The van der Waals surface area contributed by atoms with E-state index < -0.39 is 10.0 Å². The summed E-state index contributed by atoms with van der Waals surface area (Å²) in [7, 11) is -3.71. The molecular formula is C12H12BrN3O2S. The number of nitrogens with one attached hydrogen (secondary N) is 1. The van der Waals surface area contributed by atoms with Crippen LogP contribution in [0.3, 0.4) is 0 Å². The summed E-state index contributed by atoms with van der Waals surface area (Å²) in [6.45, 7) is 1.77. The van der Waals surface area contributed by atoms with Crippen molar-refractivity contribution in [3.05, 3.63) is 46.7 Å². The number of sulfonamides is 1. The molecule has 1 heterocycles. The van der Waals surface area contributed by atoms with Gasteiger partial charge in [-0.15, -0.1) is 0 Å². The zero-order valence-electron chi connectivity index (χ0n) is 10.1. The summed E-state index contributed by atoms with van der Waals surface area (Å²) in [5.74, 6) is 0. The van der Waals surface area contributed by atoms with Crippen molar-refractivity contribution in [1.82, 2.24) is 4.98 Å². The number of nitrogen functional groups attached to an aromatic ring is 1. The summed E-state index contributed by atoms with van der Waals surface area (Å²) >= 11 is 3.24. The molecule has 5 nitrogen and oxygen atoms in total. The van der Waals surface area contributed by atoms with Crippen LogP contribution in [0.1, 0.15) is 5.56 Å². The minimum absolute atomic E-state index is 0.0481. The van der Waals surface area contributed by atoms with Gasteiger partial charge in [0, 0.05) is 16.9 Å². The molecule has 0 atom stereocenters. The average Bonchev–Trinajstić information content (AvgIpc) is 2.31. The number of halogens is 1. The van der Waals surface area contributed by atoms with Crippen LogP contribution in [0.5, 0.6) is 0 Å². The third-order valence-electron chi connectivity index (χ3n) is 2.53. The summed E-state index contributed by atoms with van der Waals surface area (Å²) in [4.78, 5) is 3.96. The fourth-order valence-electron chi connectivity index (χ4n) is 1.55. The summed E-state index contributed by atoms with van der Waals surface area (Å²) in [6, 6.07) is 6.23. The van der Waals surface area contributed by atoms with Gasteiger partial charge in [-0.2, -0.15) is 0 Å². The minimum atomic E-state index is -3.71. The smallest absolute Gasteiger partial charge is 0.263 e. The van der Waals surface area contributed by atoms with E-state index in [1.54, 1.807) is 31.3 Å². The van der Waals surface area contributed by atoms with Gasteiger partial charge in [0.25, 0.3) is 10.0 Å². The molecule has 2 rings (SSSR count). The molecule has 2 aromatic rings. The van der Waals surface area contributed by atoms with Gasteiger partial charge >= 0.3 is 0 Å². The monoisotopic (exact) mass is 341 g/mol. The number of benzene rings is 1. The van der Waals surface area contributed by atoms with Crippen LogP contribution >= 0.6 is 15.9 Å². The molecule has 0 aliphatic heterocycles. The summed E-state index contributed by atoms with van der Waals surface area (Å²) in [6.07, 6.45) is 3.11. The fraction of sp³-hybridized carbons (Fsp3) is 0.0833. The molecule has 3 N–H and O–H groups in total. The number of anilines is 2. The number of hydrogen-bond donors (Lipinski definition) is 2. The maximum absolute atomic E-state index is 12.3. The Morgan fingerprint density at radius 2 is 2.05 bits per heavy atom. The molecule has 1 aromatic heterocycles. The Hall–Kier alpha value is -1.60. The van der Waals surface area contributed by atoms with E-state index in [4.69, 9.17) is 5.73 Å². The summed E-state index contributed by atoms with van der Waals surface area (Å²) in [5.41, 5.74) is 7.15. The molecule has 1 aromatic carbocycles. The zero-order chi connectivity index (χ0) is 14.0. The van der Waals surface area contributed by atoms with Crippen LogP contribution in [0.4, 0.5) is 11.4 Å². The van der Waals surface area contributed by atoms with Crippen molar-refractivity contribution >= 4 is 37.3 Å². The normalized spacial score (nSPS) is 11.3. The van der Waals surface area contributed by atoms with Crippen molar-refractivity contribution in [2.24, 2.45) is 0 Å². The molecule has 0 saturated carbocycles. The third kappa shape index (κ3) is 3.05. The highest BCUT2D eigenvalue weighted by molar-refractivity contribution is 9.10. The van der Waals surface area contributed by atoms with Crippen molar-refractivity contribution in [2.45, 2.75) is 11.8 Å². The van der Waals surface area contributed by atoms with Crippen LogP contribution in [-0.2, 0) is 10.0 Å². The highest BCUT2D eigenvalue weighted by Crippen LogP contribution is 2.25. The molecule has 100 valence electrons. The number of aryl methyl sites for hydroxylation is 1. The van der Waals surface area contributed by atoms with Crippen LogP contribution in [0.2, 0.25) is 0 Å². The SMILES string of the molecule is Cc1cnccc1NS(=O)(=O)c1ccc(Br)cc1N. The van der Waals surface area contributed by atoms with Crippen LogP contribution in [0.15, 0.2) is 46.0 Å². The van der Waals surface area contributed by atoms with E-state index in [9.17, 15) is 8.42 Å². The van der Waals surface area contributed by atoms with Crippen molar-refractivity contribution in [3.63, 3.8) is 0 Å². The van der Waals surface area contributed by atoms with Crippen LogP contribution < -0.4 is 10.5 Å². The van der Waals surface area contributed by atoms with Gasteiger partial charge in [-0.1, -0.05) is 15.9 Å². The molecule has 19 heavy (non-hydrogen) atoms. The molecule has 0 amide bonds. The van der Waals surface area contributed by atoms with E-state index in [0.717, 1.165) is 10.0 Å². The van der Waals surface area contributed by atoms with Crippen molar-refractivity contribution in [3.8, 4) is 0 Å². The van der Waals surface area contributed by atoms with Gasteiger partial charge in [0.05, 0.1) is 11.4 Å². The summed E-state index contributed by atoms with van der Waals surface area (Å²) in [5, 5.41) is 0. The van der Waals surface area contributed by atoms with E-state index >= 15 is 0 Å². The van der Waals surface area contributed by atoms with Crippen molar-refractivity contribution in [1.29, 1.82) is 0 Å². The van der Waals surface area contributed by atoms with Gasteiger partial charge in [-0.3, -0.25) is 9.71 Å². The fourth-order valence-corrected chi connectivity index (χ4v) is 3.18. The highest BCUT2D eigenvalue weighted by atomic mass is 79.9. The first-order chi connectivity index (χ1) is 8.90. The average molecular weight is 342 g/mol. The van der Waals surface area contributed by atoms with Gasteiger partial charge in [-0.25, -0.2) is 8.42 Å². The molecule has 0 unspecified atom stereocenters. The molecule has 0 saturated heterocycles. The maximum Gasteiger partial charge on any atom is 0.263 e. The largest absolute Gasteiger partial charge is 0.398 e. The Bertz CT molecular complexity index is 717. The lowest BCUT2D eigenvalue weighted by Crippen LogP contribution is -2.15. The third-order valence-corrected chi connectivity index (χ3v) is 4.46. The van der Waals surface area contributed by atoms with Crippen molar-refractivity contribution < 1.29 is 8.42 Å². The standard InChI is InChI=1S/C12H12BrN3O2S/c1-8-7-15-5-4-11(8)16-19(17,18)12-3-2-9(13)6-10(12)14/h2-7H,14H2,1H3,(H,15,16). The first-order valence-electron chi connectivity index (χ1n) is 5.38. The van der Waals surface area contributed by atoms with Gasteiger partial charge < -0.3 is 5.73 Å². The second kappa shape index (κ2) is 5.18. The van der Waals surface area contributed by atoms with E-state index in [2.05, 4.69) is 25.6 Å². The van der Waals surface area contributed by atoms with E-state index in [1.165, 1.54) is 12.3 Å². The van der Waals surface area contributed by atoms with E-state index in [1.807, 2.05) is 0 Å². The van der Waals surface area contributed by atoms with Gasteiger partial charge in [-0.05, 0) is 36.8 Å². The summed E-state index contributed by atoms with van der Waals surface area (Å²) < 4.78 is 27.7. The molecule has 0 spiro atoms. The van der Waals surface area contributed by atoms with Gasteiger partial charge in [0.15, 0.2) is 0 Å². The molecular weight excluding hydrogens is 330 g/mol. The van der Waals surface area contributed by atoms with E-state index in [-0.39, 0.29) is 10.6 Å². The number of nitrogens with two attached hydrogens (primary N) is 1. The molecule has 0 radical (unpaired) electrons. The zero-order valence-corrected chi connectivity index (χ0v) is 12.5. The van der Waals surface area contributed by atoms with Crippen LogP contribution in [0, 0.1) is 6.92 Å². The molecule has 0 fully saturated rings. The predicted molar refractivity (Wildman–Crippen MR) is 78.3 cm³/mol. The topological polar surface area (TPSA) is 85.1 Å².